The topological polar surface area (TPSA) is 24.5 Å². The van der Waals surface area contributed by atoms with E-state index in [0.717, 1.165) is 26.2 Å². The lowest BCUT2D eigenvalue weighted by Gasteiger charge is -2.35. The second-order valence-corrected chi connectivity index (χ2v) is 5.12. The van der Waals surface area contributed by atoms with Crippen LogP contribution < -0.4 is 5.32 Å². The highest BCUT2D eigenvalue weighted by molar-refractivity contribution is 4.96. The van der Waals surface area contributed by atoms with Gasteiger partial charge in [-0.3, -0.25) is 4.90 Å². The van der Waals surface area contributed by atoms with Crippen molar-refractivity contribution < 1.29 is 4.74 Å². The van der Waals surface area contributed by atoms with E-state index in [4.69, 9.17) is 4.74 Å². The van der Waals surface area contributed by atoms with Gasteiger partial charge < -0.3 is 10.1 Å². The highest BCUT2D eigenvalue weighted by Crippen LogP contribution is 2.16. The first kappa shape index (κ1) is 14.7. The summed E-state index contributed by atoms with van der Waals surface area (Å²) in [6, 6.07) is 0.705. The van der Waals surface area contributed by atoms with Crippen LogP contribution >= 0.6 is 0 Å². The first-order valence-corrected chi connectivity index (χ1v) is 6.81. The smallest absolute Gasteiger partial charge is 0.0587 e. The average molecular weight is 240 g/mol. The predicted molar refractivity (Wildman–Crippen MR) is 73.4 cm³/mol. The van der Waals surface area contributed by atoms with Crippen LogP contribution in [0.3, 0.4) is 0 Å². The zero-order valence-corrected chi connectivity index (χ0v) is 11.7. The van der Waals surface area contributed by atoms with Gasteiger partial charge in [-0.2, -0.15) is 0 Å². The monoisotopic (exact) mass is 240 g/mol. The summed E-state index contributed by atoms with van der Waals surface area (Å²) in [5.74, 6) is 0. The highest BCUT2D eigenvalue weighted by Gasteiger charge is 2.20. The summed E-state index contributed by atoms with van der Waals surface area (Å²) in [6.45, 7) is 9.58. The number of ether oxygens (including phenoxy) is 1. The van der Waals surface area contributed by atoms with Crippen LogP contribution in [0.15, 0.2) is 11.6 Å². The standard InChI is InChI=1S/C14H28N2O/c1-13(2)7-10-16-9-5-4-6-14(16)12-15-8-11-17-3/h7,14-15H,4-6,8-12H2,1-3H3. The molecule has 1 aliphatic heterocycles. The van der Waals surface area contributed by atoms with E-state index >= 15 is 0 Å². The van der Waals surface area contributed by atoms with Gasteiger partial charge >= 0.3 is 0 Å². The Labute approximate surface area is 106 Å². The van der Waals surface area contributed by atoms with E-state index in [0.29, 0.717) is 6.04 Å². The molecule has 3 heteroatoms. The predicted octanol–water partition coefficient (Wildman–Crippen LogP) is 2.04. The Morgan fingerprint density at radius 3 is 2.94 bits per heavy atom. The number of hydrogen-bond donors (Lipinski definition) is 1. The SMILES string of the molecule is COCCNCC1CCCCN1CC=C(C)C. The molecule has 1 unspecified atom stereocenters. The van der Waals surface area contributed by atoms with Gasteiger partial charge in [0.25, 0.3) is 0 Å². The van der Waals surface area contributed by atoms with Crippen molar-refractivity contribution in [1.29, 1.82) is 0 Å². The molecular formula is C14H28N2O. The molecule has 0 aromatic rings. The third-order valence-corrected chi connectivity index (χ3v) is 3.35. The molecule has 1 saturated heterocycles. The molecule has 100 valence electrons. The van der Waals surface area contributed by atoms with E-state index in [1.807, 2.05) is 0 Å². The molecule has 3 nitrogen and oxygen atoms in total. The number of likely N-dealkylation sites (tertiary alicyclic amines) is 1. The lowest BCUT2D eigenvalue weighted by Crippen LogP contribution is -2.46. The van der Waals surface area contributed by atoms with Gasteiger partial charge in [-0.1, -0.05) is 18.1 Å². The minimum absolute atomic E-state index is 0.705. The quantitative estimate of drug-likeness (QED) is 0.544. The maximum absolute atomic E-state index is 5.05. The minimum atomic E-state index is 0.705. The van der Waals surface area contributed by atoms with Gasteiger partial charge in [-0.05, 0) is 33.2 Å². The third kappa shape index (κ3) is 6.20. The molecular weight excluding hydrogens is 212 g/mol. The van der Waals surface area contributed by atoms with Crippen molar-refractivity contribution in [3.05, 3.63) is 11.6 Å². The number of methoxy groups -OCH3 is 1. The van der Waals surface area contributed by atoms with Crippen molar-refractivity contribution in [3.63, 3.8) is 0 Å². The van der Waals surface area contributed by atoms with Crippen molar-refractivity contribution in [2.45, 2.75) is 39.2 Å². The van der Waals surface area contributed by atoms with E-state index in [9.17, 15) is 0 Å². The first-order valence-electron chi connectivity index (χ1n) is 6.81. The van der Waals surface area contributed by atoms with Crippen LogP contribution in [0.1, 0.15) is 33.1 Å². The first-order chi connectivity index (χ1) is 8.24. The van der Waals surface area contributed by atoms with Gasteiger partial charge in [0.05, 0.1) is 6.61 Å². The summed E-state index contributed by atoms with van der Waals surface area (Å²) in [5, 5.41) is 3.49. The molecule has 0 aromatic heterocycles. The maximum atomic E-state index is 5.05. The number of rotatable bonds is 7. The van der Waals surface area contributed by atoms with Gasteiger partial charge in [-0.25, -0.2) is 0 Å². The highest BCUT2D eigenvalue weighted by atomic mass is 16.5. The normalized spacial score (nSPS) is 21.5. The van der Waals surface area contributed by atoms with E-state index in [1.54, 1.807) is 7.11 Å². The van der Waals surface area contributed by atoms with Crippen LogP contribution in [0.25, 0.3) is 0 Å². The lowest BCUT2D eigenvalue weighted by atomic mass is 10.0. The molecule has 1 rings (SSSR count). The molecule has 17 heavy (non-hydrogen) atoms. The van der Waals surface area contributed by atoms with Crippen molar-refractivity contribution in [2.75, 3.05) is 39.9 Å². The Bertz CT molecular complexity index is 224. The van der Waals surface area contributed by atoms with E-state index < -0.39 is 0 Å². The van der Waals surface area contributed by atoms with Crippen LogP contribution in [0.2, 0.25) is 0 Å². The van der Waals surface area contributed by atoms with Crippen LogP contribution in [-0.2, 0) is 4.74 Å². The number of nitrogens with one attached hydrogen (secondary N) is 1. The summed E-state index contributed by atoms with van der Waals surface area (Å²) in [5.41, 5.74) is 1.42. The molecule has 1 fully saturated rings. The van der Waals surface area contributed by atoms with Crippen molar-refractivity contribution in [2.24, 2.45) is 0 Å². The van der Waals surface area contributed by atoms with Crippen molar-refractivity contribution >= 4 is 0 Å². The number of piperidine rings is 1. The largest absolute Gasteiger partial charge is 0.383 e. The number of allylic oxidation sites excluding steroid dienone is 1. The minimum Gasteiger partial charge on any atom is -0.383 e. The molecule has 0 amide bonds. The van der Waals surface area contributed by atoms with E-state index in [-0.39, 0.29) is 0 Å². The van der Waals surface area contributed by atoms with Crippen LogP contribution in [0.4, 0.5) is 0 Å². The Kier molecular flexibility index (Phi) is 7.49. The van der Waals surface area contributed by atoms with Gasteiger partial charge in [0.1, 0.15) is 0 Å². The van der Waals surface area contributed by atoms with Crippen LogP contribution in [-0.4, -0.2) is 50.8 Å². The van der Waals surface area contributed by atoms with Crippen LogP contribution in [0, 0.1) is 0 Å². The Hall–Kier alpha value is -0.380. The van der Waals surface area contributed by atoms with Gasteiger partial charge in [-0.15, -0.1) is 0 Å². The molecule has 1 atom stereocenters. The summed E-state index contributed by atoms with van der Waals surface area (Å²) >= 11 is 0. The molecule has 0 aliphatic carbocycles. The van der Waals surface area contributed by atoms with Gasteiger partial charge in [0.15, 0.2) is 0 Å². The molecule has 0 aromatic carbocycles. The fourth-order valence-corrected chi connectivity index (χ4v) is 2.27. The molecule has 1 aliphatic rings. The zero-order chi connectivity index (χ0) is 12.5. The molecule has 1 heterocycles. The fraction of sp³-hybridized carbons (Fsp3) is 0.857. The maximum Gasteiger partial charge on any atom is 0.0587 e. The molecule has 0 radical (unpaired) electrons. The Balaban J connectivity index is 2.29. The van der Waals surface area contributed by atoms with Gasteiger partial charge in [0.2, 0.25) is 0 Å². The summed E-state index contributed by atoms with van der Waals surface area (Å²) in [7, 11) is 1.75. The molecule has 0 bridgehead atoms. The van der Waals surface area contributed by atoms with Crippen molar-refractivity contribution in [1.82, 2.24) is 10.2 Å². The second-order valence-electron chi connectivity index (χ2n) is 5.12. The number of hydrogen-bond acceptors (Lipinski definition) is 3. The van der Waals surface area contributed by atoms with E-state index in [1.165, 1.54) is 31.4 Å². The average Bonchev–Trinajstić information content (AvgIpc) is 2.33. The Morgan fingerprint density at radius 1 is 1.41 bits per heavy atom. The zero-order valence-electron chi connectivity index (χ0n) is 11.7. The van der Waals surface area contributed by atoms with Gasteiger partial charge in [0, 0.05) is 32.8 Å². The second kappa shape index (κ2) is 8.67. The summed E-state index contributed by atoms with van der Waals surface area (Å²) < 4.78 is 5.05. The van der Waals surface area contributed by atoms with Crippen LogP contribution in [0.5, 0.6) is 0 Å². The fourth-order valence-electron chi connectivity index (χ4n) is 2.27. The summed E-state index contributed by atoms with van der Waals surface area (Å²) in [6.07, 6.45) is 6.40. The molecule has 0 saturated carbocycles. The van der Waals surface area contributed by atoms with E-state index in [2.05, 4.69) is 30.1 Å². The third-order valence-electron chi connectivity index (χ3n) is 3.35. The Morgan fingerprint density at radius 2 is 2.24 bits per heavy atom. The lowest BCUT2D eigenvalue weighted by molar-refractivity contribution is 0.154. The van der Waals surface area contributed by atoms with Crippen molar-refractivity contribution in [3.8, 4) is 0 Å². The summed E-state index contributed by atoms with van der Waals surface area (Å²) in [4.78, 5) is 2.61. The number of nitrogens with zero attached hydrogens (tertiary/aromatic N) is 1. The molecule has 1 N–H and O–H groups in total. The molecule has 0 spiro atoms.